The Labute approximate surface area is 59.1 Å². The molecule has 9 heavy (non-hydrogen) atoms. The average Bonchev–Trinajstić information content (AvgIpc) is 1.95. The summed E-state index contributed by atoms with van der Waals surface area (Å²) in [5.41, 5.74) is 0. The summed E-state index contributed by atoms with van der Waals surface area (Å²) in [4.78, 5) is 0. The Hall–Kier alpha value is 0.177. The van der Waals surface area contributed by atoms with Gasteiger partial charge < -0.3 is 5.11 Å². The fourth-order valence-corrected chi connectivity index (χ4v) is 3.07. The van der Waals surface area contributed by atoms with Crippen LogP contribution in [0.5, 0.6) is 0 Å². The van der Waals surface area contributed by atoms with Crippen molar-refractivity contribution in [3.05, 3.63) is 6.23 Å². The molecule has 0 fully saturated rings. The number of aliphatic hydroxyl groups is 1. The highest BCUT2D eigenvalue weighted by Gasteiger charge is 2.25. The van der Waals surface area contributed by atoms with E-state index in [0.29, 0.717) is 0 Å². The molecule has 0 spiro atoms. The van der Waals surface area contributed by atoms with Gasteiger partial charge in [-0.05, 0) is 0 Å². The highest BCUT2D eigenvalue weighted by Crippen LogP contribution is 2.21. The van der Waals surface area contributed by atoms with Crippen molar-refractivity contribution < 1.29 is 5.11 Å². The number of hydrogen-bond acceptors (Lipinski definition) is 1. The summed E-state index contributed by atoms with van der Waals surface area (Å²) >= 11 is 0. The van der Waals surface area contributed by atoms with Gasteiger partial charge >= 0.3 is 0 Å². The lowest BCUT2D eigenvalue weighted by Crippen LogP contribution is -2.32. The fraction of sp³-hybridized carbons (Fsp3) is 0.857. The van der Waals surface area contributed by atoms with Crippen LogP contribution in [0, 0.1) is 6.23 Å². The van der Waals surface area contributed by atoms with E-state index < -0.39 is 8.07 Å². The van der Waals surface area contributed by atoms with Crippen LogP contribution in [-0.2, 0) is 0 Å². The van der Waals surface area contributed by atoms with Crippen molar-refractivity contribution >= 4 is 8.07 Å². The molecule has 0 saturated carbocycles. The van der Waals surface area contributed by atoms with Crippen LogP contribution in [0.3, 0.4) is 0 Å². The third-order valence-corrected chi connectivity index (χ3v) is 7.16. The molecule has 0 aliphatic heterocycles. The lowest BCUT2D eigenvalue weighted by Gasteiger charge is -2.23. The lowest BCUT2D eigenvalue weighted by atomic mass is 10.9. The van der Waals surface area contributed by atoms with Crippen molar-refractivity contribution in [3.63, 3.8) is 0 Å². The molecule has 1 N–H and O–H groups in total. The second kappa shape index (κ2) is 4.07. The van der Waals surface area contributed by atoms with E-state index in [1.54, 1.807) is 0 Å². The predicted molar refractivity (Wildman–Crippen MR) is 43.4 cm³/mol. The highest BCUT2D eigenvalue weighted by molar-refractivity contribution is 6.82. The number of hydrogen-bond donors (Lipinski definition) is 1. The average molecular weight is 145 g/mol. The second-order valence-electron chi connectivity index (χ2n) is 2.55. The van der Waals surface area contributed by atoms with E-state index in [1.807, 2.05) is 0 Å². The molecule has 0 unspecified atom stereocenters. The summed E-state index contributed by atoms with van der Waals surface area (Å²) in [7, 11) is -1.26. The van der Waals surface area contributed by atoms with Gasteiger partial charge in [-0.2, -0.15) is 0 Å². The molecule has 0 heterocycles. The van der Waals surface area contributed by atoms with E-state index in [4.69, 9.17) is 5.11 Å². The van der Waals surface area contributed by atoms with Crippen LogP contribution in [0.1, 0.15) is 20.8 Å². The van der Waals surface area contributed by atoms with Gasteiger partial charge in [-0.15, -0.1) is 0 Å². The largest absolute Gasteiger partial charge is 0.394 e. The molecule has 1 radical (unpaired) electrons. The standard InChI is InChI=1S/C7H17OSi/c1-4-9(5-2,6-3)7-8/h7-8H,4-6H2,1-3H3. The van der Waals surface area contributed by atoms with E-state index >= 15 is 0 Å². The molecule has 0 saturated heterocycles. The topological polar surface area (TPSA) is 20.2 Å². The van der Waals surface area contributed by atoms with Crippen molar-refractivity contribution in [1.29, 1.82) is 0 Å². The van der Waals surface area contributed by atoms with Gasteiger partial charge in [-0.25, -0.2) is 0 Å². The van der Waals surface area contributed by atoms with Gasteiger partial charge in [0.05, 0.1) is 14.3 Å². The van der Waals surface area contributed by atoms with Gasteiger partial charge in [0.1, 0.15) is 0 Å². The lowest BCUT2D eigenvalue weighted by molar-refractivity contribution is 0.430. The summed E-state index contributed by atoms with van der Waals surface area (Å²) < 4.78 is 0. The van der Waals surface area contributed by atoms with Crippen molar-refractivity contribution in [2.24, 2.45) is 0 Å². The summed E-state index contributed by atoms with van der Waals surface area (Å²) in [5, 5.41) is 8.91. The van der Waals surface area contributed by atoms with Gasteiger partial charge in [0, 0.05) is 0 Å². The zero-order valence-electron chi connectivity index (χ0n) is 6.65. The molecule has 0 bridgehead atoms. The first-order valence-electron chi connectivity index (χ1n) is 3.73. The third kappa shape index (κ3) is 2.10. The molecule has 55 valence electrons. The predicted octanol–water partition coefficient (Wildman–Crippen LogP) is 2.57. The second-order valence-corrected chi connectivity index (χ2v) is 7.66. The number of rotatable bonds is 4. The van der Waals surface area contributed by atoms with E-state index in [9.17, 15) is 0 Å². The summed E-state index contributed by atoms with van der Waals surface area (Å²) in [6.45, 7) is 6.52. The van der Waals surface area contributed by atoms with Crippen LogP contribution in [0.4, 0.5) is 0 Å². The van der Waals surface area contributed by atoms with Crippen molar-refractivity contribution in [2.75, 3.05) is 0 Å². The zero-order chi connectivity index (χ0) is 7.33. The Kier molecular flexibility index (Phi) is 4.15. The summed E-state index contributed by atoms with van der Waals surface area (Å²) in [5.74, 6) is 0. The maximum atomic E-state index is 8.91. The van der Waals surface area contributed by atoms with Crippen molar-refractivity contribution in [2.45, 2.75) is 38.9 Å². The highest BCUT2D eigenvalue weighted by atomic mass is 28.3. The minimum Gasteiger partial charge on any atom is -0.394 e. The maximum Gasteiger partial charge on any atom is 0.0894 e. The van der Waals surface area contributed by atoms with Crippen LogP contribution >= 0.6 is 0 Å². The minimum atomic E-state index is -1.26. The molecule has 0 aromatic rings. The van der Waals surface area contributed by atoms with E-state index in [0.717, 1.165) is 0 Å². The first-order valence-corrected chi connectivity index (χ1v) is 6.43. The smallest absolute Gasteiger partial charge is 0.0894 e. The van der Waals surface area contributed by atoms with Crippen LogP contribution < -0.4 is 0 Å². The van der Waals surface area contributed by atoms with Gasteiger partial charge in [0.15, 0.2) is 0 Å². The molecular weight excluding hydrogens is 128 g/mol. The van der Waals surface area contributed by atoms with Gasteiger partial charge in [-0.3, -0.25) is 0 Å². The molecular formula is C7H17OSi. The first-order chi connectivity index (χ1) is 4.24. The van der Waals surface area contributed by atoms with Crippen molar-refractivity contribution in [1.82, 2.24) is 0 Å². The molecule has 2 heteroatoms. The SMILES string of the molecule is CC[Si]([CH]O)(CC)CC. The van der Waals surface area contributed by atoms with Crippen LogP contribution in [0.15, 0.2) is 0 Å². The molecule has 0 rings (SSSR count). The van der Waals surface area contributed by atoms with Gasteiger partial charge in [-0.1, -0.05) is 38.9 Å². The zero-order valence-corrected chi connectivity index (χ0v) is 7.65. The molecule has 0 aliphatic rings. The van der Waals surface area contributed by atoms with Crippen molar-refractivity contribution in [3.8, 4) is 0 Å². The van der Waals surface area contributed by atoms with E-state index in [-0.39, 0.29) is 0 Å². The monoisotopic (exact) mass is 145 g/mol. The molecule has 1 nitrogen and oxygen atoms in total. The molecule has 0 amide bonds. The third-order valence-electron chi connectivity index (χ3n) is 2.39. The van der Waals surface area contributed by atoms with Gasteiger partial charge in [0.25, 0.3) is 0 Å². The quantitative estimate of drug-likeness (QED) is 0.603. The maximum absolute atomic E-state index is 8.91. The Bertz CT molecular complexity index is 51.8. The molecule has 0 aliphatic carbocycles. The molecule has 0 atom stereocenters. The Morgan fingerprint density at radius 1 is 1.11 bits per heavy atom. The van der Waals surface area contributed by atoms with E-state index in [2.05, 4.69) is 20.8 Å². The Balaban J connectivity index is 3.82. The summed E-state index contributed by atoms with van der Waals surface area (Å²) in [6.07, 6.45) is 1.49. The van der Waals surface area contributed by atoms with Crippen LogP contribution in [0.25, 0.3) is 0 Å². The minimum absolute atomic E-state index is 1.18. The molecule has 0 aromatic carbocycles. The Morgan fingerprint density at radius 3 is 1.44 bits per heavy atom. The number of aliphatic hydroxyl groups excluding tert-OH is 1. The van der Waals surface area contributed by atoms with Crippen LogP contribution in [-0.4, -0.2) is 13.2 Å². The normalized spacial score (nSPS) is 12.0. The molecule has 0 aromatic heterocycles. The van der Waals surface area contributed by atoms with E-state index in [1.165, 1.54) is 24.4 Å². The Morgan fingerprint density at radius 2 is 1.44 bits per heavy atom. The fourth-order valence-electron chi connectivity index (χ4n) is 1.02. The first kappa shape index (κ1) is 9.18. The van der Waals surface area contributed by atoms with Crippen LogP contribution in [0.2, 0.25) is 18.1 Å². The summed E-state index contributed by atoms with van der Waals surface area (Å²) in [6, 6.07) is 3.53. The van der Waals surface area contributed by atoms with Gasteiger partial charge in [0.2, 0.25) is 0 Å².